The number of aromatic nitrogens is 4. The van der Waals surface area contributed by atoms with E-state index in [1.54, 1.807) is 17.7 Å². The van der Waals surface area contributed by atoms with E-state index in [1.807, 2.05) is 25.1 Å². The van der Waals surface area contributed by atoms with Crippen molar-refractivity contribution in [2.75, 3.05) is 5.32 Å². The lowest BCUT2D eigenvalue weighted by Crippen LogP contribution is -2.12. The molecule has 1 aromatic carbocycles. The molecule has 6 nitrogen and oxygen atoms in total. The number of anilines is 1. The summed E-state index contributed by atoms with van der Waals surface area (Å²) < 4.78 is 42.5. The lowest BCUT2D eigenvalue weighted by atomic mass is 10.2. The third-order valence-electron chi connectivity index (χ3n) is 4.90. The van der Waals surface area contributed by atoms with Gasteiger partial charge in [-0.05, 0) is 31.5 Å². The maximum absolute atomic E-state index is 13.2. The van der Waals surface area contributed by atoms with Crippen LogP contribution < -0.4 is 5.32 Å². The van der Waals surface area contributed by atoms with Crippen molar-refractivity contribution in [3.8, 4) is 0 Å². The first-order chi connectivity index (χ1) is 14.6. The number of aryl methyl sites for hydroxylation is 2. The summed E-state index contributed by atoms with van der Waals surface area (Å²) in [6.07, 6.45) is -4.60. The molecular formula is C20H17ClF3N5OS. The first kappa shape index (κ1) is 21.4. The molecule has 0 unspecified atom stereocenters. The van der Waals surface area contributed by atoms with Gasteiger partial charge in [-0.3, -0.25) is 14.2 Å². The van der Waals surface area contributed by atoms with Gasteiger partial charge in [-0.15, -0.1) is 11.3 Å². The minimum atomic E-state index is -4.60. The van der Waals surface area contributed by atoms with Crippen molar-refractivity contribution in [3.63, 3.8) is 0 Å². The van der Waals surface area contributed by atoms with Gasteiger partial charge in [-0.25, -0.2) is 0 Å². The van der Waals surface area contributed by atoms with E-state index in [1.165, 1.54) is 13.1 Å². The van der Waals surface area contributed by atoms with Crippen LogP contribution in [0.1, 0.15) is 32.3 Å². The maximum Gasteiger partial charge on any atom is 0.435 e. The van der Waals surface area contributed by atoms with Crippen LogP contribution in [0.15, 0.2) is 30.3 Å². The normalized spacial score (nSPS) is 12.0. The largest absolute Gasteiger partial charge is 0.435 e. The molecule has 0 fully saturated rings. The summed E-state index contributed by atoms with van der Waals surface area (Å²) in [4.78, 5) is 13.2. The van der Waals surface area contributed by atoms with Gasteiger partial charge in [-0.2, -0.15) is 23.4 Å². The first-order valence-electron chi connectivity index (χ1n) is 9.18. The predicted octanol–water partition coefficient (Wildman–Crippen LogP) is 5.42. The highest BCUT2D eigenvalue weighted by Gasteiger charge is 2.37. The Morgan fingerprint density at radius 3 is 2.61 bits per heavy atom. The third-order valence-corrected chi connectivity index (χ3v) is 6.47. The van der Waals surface area contributed by atoms with E-state index in [9.17, 15) is 18.0 Å². The molecule has 1 N–H and O–H groups in total. The van der Waals surface area contributed by atoms with Gasteiger partial charge in [0.05, 0.1) is 28.5 Å². The second-order valence-corrected chi connectivity index (χ2v) is 8.49. The Bertz CT molecular complexity index is 1300. The van der Waals surface area contributed by atoms with Crippen LogP contribution in [0.3, 0.4) is 0 Å². The Labute approximate surface area is 184 Å². The Morgan fingerprint density at radius 2 is 1.94 bits per heavy atom. The number of carbonyl (C=O) groups is 1. The highest BCUT2D eigenvalue weighted by molar-refractivity contribution is 7.20. The molecule has 11 heteroatoms. The number of alkyl halides is 3. The van der Waals surface area contributed by atoms with Crippen molar-refractivity contribution >= 4 is 44.7 Å². The van der Waals surface area contributed by atoms with Gasteiger partial charge in [0.1, 0.15) is 4.83 Å². The van der Waals surface area contributed by atoms with Crippen molar-refractivity contribution in [2.24, 2.45) is 7.05 Å². The molecule has 0 radical (unpaired) electrons. The number of fused-ring (bicyclic) bond motifs is 1. The van der Waals surface area contributed by atoms with Crippen LogP contribution in [-0.4, -0.2) is 25.5 Å². The summed E-state index contributed by atoms with van der Waals surface area (Å²) in [5, 5.41) is 11.3. The molecule has 1 amide bonds. The van der Waals surface area contributed by atoms with Crippen molar-refractivity contribution in [1.29, 1.82) is 0 Å². The Hall–Kier alpha value is -2.85. The van der Waals surface area contributed by atoms with E-state index in [-0.39, 0.29) is 15.1 Å². The molecule has 162 valence electrons. The van der Waals surface area contributed by atoms with Gasteiger partial charge in [0.2, 0.25) is 0 Å². The van der Waals surface area contributed by atoms with Crippen LogP contribution in [0, 0.1) is 13.8 Å². The monoisotopic (exact) mass is 467 g/mol. The summed E-state index contributed by atoms with van der Waals surface area (Å²) in [5.41, 5.74) is 1.70. The molecule has 4 rings (SSSR count). The highest BCUT2D eigenvalue weighted by Crippen LogP contribution is 2.37. The molecule has 0 bridgehead atoms. The molecule has 0 aliphatic rings. The van der Waals surface area contributed by atoms with E-state index in [0.29, 0.717) is 28.6 Å². The van der Waals surface area contributed by atoms with Crippen molar-refractivity contribution < 1.29 is 18.0 Å². The second kappa shape index (κ2) is 7.69. The van der Waals surface area contributed by atoms with Crippen LogP contribution in [0.2, 0.25) is 5.02 Å². The average Bonchev–Trinajstić information content (AvgIpc) is 3.33. The van der Waals surface area contributed by atoms with Crippen LogP contribution in [0.4, 0.5) is 18.9 Å². The highest BCUT2D eigenvalue weighted by atomic mass is 35.5. The fourth-order valence-corrected chi connectivity index (χ4v) is 4.52. The number of hydrogen-bond acceptors (Lipinski definition) is 4. The SMILES string of the molecule is Cc1nn(Cc2ccccc2Cl)c(C)c1NC(=O)c1cc2c(C(F)(F)F)nn(C)c2s1. The minimum Gasteiger partial charge on any atom is -0.318 e. The van der Waals surface area contributed by atoms with Gasteiger partial charge in [-0.1, -0.05) is 29.8 Å². The molecule has 0 spiro atoms. The number of halogens is 4. The number of thiophene rings is 1. The summed E-state index contributed by atoms with van der Waals surface area (Å²) in [5.74, 6) is -0.502. The van der Waals surface area contributed by atoms with E-state index >= 15 is 0 Å². The minimum absolute atomic E-state index is 0.0898. The topological polar surface area (TPSA) is 64.7 Å². The zero-order valence-corrected chi connectivity index (χ0v) is 18.3. The van der Waals surface area contributed by atoms with Crippen molar-refractivity contribution in [3.05, 3.63) is 62.9 Å². The quantitative estimate of drug-likeness (QED) is 0.436. The summed E-state index contributed by atoms with van der Waals surface area (Å²) in [6, 6.07) is 8.62. The number of nitrogens with zero attached hydrogens (tertiary/aromatic N) is 4. The molecule has 4 aromatic rings. The van der Waals surface area contributed by atoms with E-state index in [0.717, 1.165) is 21.6 Å². The zero-order chi connectivity index (χ0) is 22.5. The number of nitrogens with one attached hydrogen (secondary N) is 1. The van der Waals surface area contributed by atoms with Gasteiger partial charge in [0.15, 0.2) is 5.69 Å². The van der Waals surface area contributed by atoms with Gasteiger partial charge < -0.3 is 5.32 Å². The molecule has 0 atom stereocenters. The Morgan fingerprint density at radius 1 is 1.23 bits per heavy atom. The molecule has 0 saturated carbocycles. The van der Waals surface area contributed by atoms with E-state index < -0.39 is 17.8 Å². The fraction of sp³-hybridized carbons (Fsp3) is 0.250. The molecule has 31 heavy (non-hydrogen) atoms. The third kappa shape index (κ3) is 3.92. The van der Waals surface area contributed by atoms with E-state index in [4.69, 9.17) is 11.6 Å². The summed E-state index contributed by atoms with van der Waals surface area (Å²) in [7, 11) is 1.42. The van der Waals surface area contributed by atoms with Crippen LogP contribution in [-0.2, 0) is 19.8 Å². The summed E-state index contributed by atoms with van der Waals surface area (Å²) in [6.45, 7) is 3.98. The molecule has 0 aliphatic carbocycles. The Balaban J connectivity index is 1.62. The average molecular weight is 468 g/mol. The number of rotatable bonds is 4. The smallest absolute Gasteiger partial charge is 0.318 e. The molecule has 0 saturated heterocycles. The molecular weight excluding hydrogens is 451 g/mol. The Kier molecular flexibility index (Phi) is 5.30. The van der Waals surface area contributed by atoms with Crippen LogP contribution >= 0.6 is 22.9 Å². The van der Waals surface area contributed by atoms with E-state index in [2.05, 4.69) is 15.5 Å². The lowest BCUT2D eigenvalue weighted by Gasteiger charge is -2.08. The van der Waals surface area contributed by atoms with Gasteiger partial charge >= 0.3 is 6.18 Å². The molecule has 0 aliphatic heterocycles. The van der Waals surface area contributed by atoms with Gasteiger partial charge in [0, 0.05) is 17.5 Å². The number of carbonyl (C=O) groups excluding carboxylic acids is 1. The lowest BCUT2D eigenvalue weighted by molar-refractivity contribution is -0.140. The molecule has 3 heterocycles. The van der Waals surface area contributed by atoms with Crippen molar-refractivity contribution in [1.82, 2.24) is 19.6 Å². The second-order valence-electron chi connectivity index (χ2n) is 7.05. The maximum atomic E-state index is 13.2. The van der Waals surface area contributed by atoms with Crippen LogP contribution in [0.5, 0.6) is 0 Å². The standard InChI is InChI=1S/C20H17ClF3N5OS/c1-10-16(11(2)29(26-10)9-12-6-4-5-7-14(12)21)25-18(30)15-8-13-17(20(22,23)24)27-28(3)19(13)31-15/h4-8H,9H2,1-3H3,(H,25,30). The molecule has 3 aromatic heterocycles. The fourth-order valence-electron chi connectivity index (χ4n) is 3.36. The zero-order valence-electron chi connectivity index (χ0n) is 16.7. The predicted molar refractivity (Wildman–Crippen MR) is 114 cm³/mol. The van der Waals surface area contributed by atoms with Gasteiger partial charge in [0.25, 0.3) is 5.91 Å². The number of benzene rings is 1. The summed E-state index contributed by atoms with van der Waals surface area (Å²) >= 11 is 7.18. The van der Waals surface area contributed by atoms with Crippen molar-refractivity contribution in [2.45, 2.75) is 26.6 Å². The number of hydrogen-bond donors (Lipinski definition) is 1. The first-order valence-corrected chi connectivity index (χ1v) is 10.4. The van der Waals surface area contributed by atoms with Crippen LogP contribution in [0.25, 0.3) is 10.2 Å². The number of amides is 1.